The highest BCUT2D eigenvalue weighted by molar-refractivity contribution is 9.10. The summed E-state index contributed by atoms with van der Waals surface area (Å²) in [7, 11) is 0. The number of halogens is 4. The van der Waals surface area contributed by atoms with Crippen molar-refractivity contribution in [2.45, 2.75) is 6.18 Å². The summed E-state index contributed by atoms with van der Waals surface area (Å²) in [5, 5.41) is 4.10. The van der Waals surface area contributed by atoms with Crippen LogP contribution in [-0.2, 0) is 6.18 Å². The molecule has 0 aromatic carbocycles. The minimum Gasteiger partial charge on any atom is -0.304 e. The van der Waals surface area contributed by atoms with E-state index in [4.69, 9.17) is 0 Å². The number of nitrogens with zero attached hydrogens (tertiary/aromatic N) is 3. The first-order chi connectivity index (χ1) is 10.4. The van der Waals surface area contributed by atoms with Gasteiger partial charge in [0.1, 0.15) is 22.7 Å². The van der Waals surface area contributed by atoms with Gasteiger partial charge in [-0.3, -0.25) is 9.20 Å². The van der Waals surface area contributed by atoms with Crippen molar-refractivity contribution in [3.63, 3.8) is 0 Å². The van der Waals surface area contributed by atoms with Gasteiger partial charge in [-0.2, -0.15) is 13.2 Å². The van der Waals surface area contributed by atoms with Crippen molar-refractivity contribution >= 4 is 43.8 Å². The maximum absolute atomic E-state index is 12.6. The fraction of sp³-hybridized carbons (Fsp3) is 0.0833. The SMILES string of the molecule is O=C(Nc1ncc(C(F)(F)F)cc1Br)c1csc2cncn12. The Kier molecular flexibility index (Phi) is 3.65. The fourth-order valence-electron chi connectivity index (χ4n) is 1.74. The van der Waals surface area contributed by atoms with E-state index in [1.54, 1.807) is 16.0 Å². The highest BCUT2D eigenvalue weighted by Gasteiger charge is 2.31. The summed E-state index contributed by atoms with van der Waals surface area (Å²) in [6.07, 6.45) is -0.737. The number of aromatic nitrogens is 3. The lowest BCUT2D eigenvalue weighted by atomic mass is 10.3. The quantitative estimate of drug-likeness (QED) is 0.723. The van der Waals surface area contributed by atoms with E-state index in [1.807, 2.05) is 0 Å². The van der Waals surface area contributed by atoms with E-state index < -0.39 is 17.6 Å². The number of alkyl halides is 3. The lowest BCUT2D eigenvalue weighted by molar-refractivity contribution is -0.137. The summed E-state index contributed by atoms with van der Waals surface area (Å²) in [4.78, 5) is 20.5. The number of imidazole rings is 1. The molecule has 0 atom stereocenters. The third-order valence-corrected chi connectivity index (χ3v) is 4.28. The summed E-state index contributed by atoms with van der Waals surface area (Å²) < 4.78 is 39.3. The van der Waals surface area contributed by atoms with Crippen LogP contribution in [0.4, 0.5) is 19.0 Å². The average molecular weight is 391 g/mol. The highest BCUT2D eigenvalue weighted by Crippen LogP contribution is 2.32. The van der Waals surface area contributed by atoms with Crippen molar-refractivity contribution in [3.05, 3.63) is 45.9 Å². The first kappa shape index (κ1) is 15.0. The minimum atomic E-state index is -4.49. The van der Waals surface area contributed by atoms with Crippen molar-refractivity contribution in [1.29, 1.82) is 0 Å². The Balaban J connectivity index is 1.87. The zero-order valence-electron chi connectivity index (χ0n) is 10.6. The molecule has 0 aliphatic heterocycles. The van der Waals surface area contributed by atoms with Crippen LogP contribution in [0.1, 0.15) is 16.1 Å². The number of nitrogens with one attached hydrogen (secondary N) is 1. The smallest absolute Gasteiger partial charge is 0.304 e. The Hall–Kier alpha value is -1.94. The van der Waals surface area contributed by atoms with E-state index in [-0.39, 0.29) is 10.3 Å². The molecule has 1 amide bonds. The Morgan fingerprint density at radius 3 is 2.82 bits per heavy atom. The number of rotatable bonds is 2. The molecule has 0 saturated heterocycles. The second kappa shape index (κ2) is 5.36. The molecule has 0 aliphatic rings. The molecular weight excluding hydrogens is 385 g/mol. The molecule has 3 aromatic rings. The summed E-state index contributed by atoms with van der Waals surface area (Å²) >= 11 is 4.31. The van der Waals surface area contributed by atoms with Gasteiger partial charge < -0.3 is 5.32 Å². The van der Waals surface area contributed by atoms with E-state index in [2.05, 4.69) is 31.2 Å². The number of thiazole rings is 1. The lowest BCUT2D eigenvalue weighted by Gasteiger charge is -2.10. The number of hydrogen-bond donors (Lipinski definition) is 1. The number of hydrogen-bond acceptors (Lipinski definition) is 4. The lowest BCUT2D eigenvalue weighted by Crippen LogP contribution is -2.16. The second-order valence-corrected chi connectivity index (χ2v) is 5.97. The highest BCUT2D eigenvalue weighted by atomic mass is 79.9. The zero-order valence-corrected chi connectivity index (χ0v) is 13.0. The monoisotopic (exact) mass is 390 g/mol. The van der Waals surface area contributed by atoms with Crippen LogP contribution in [0.25, 0.3) is 4.83 Å². The predicted octanol–water partition coefficient (Wildman–Crippen LogP) is 3.82. The number of amides is 1. The van der Waals surface area contributed by atoms with E-state index in [9.17, 15) is 18.0 Å². The normalized spacial score (nSPS) is 11.8. The van der Waals surface area contributed by atoms with Gasteiger partial charge in [0.15, 0.2) is 0 Å². The first-order valence-electron chi connectivity index (χ1n) is 5.80. The number of pyridine rings is 1. The third kappa shape index (κ3) is 2.71. The van der Waals surface area contributed by atoms with Gasteiger partial charge in [0.05, 0.1) is 16.2 Å². The van der Waals surface area contributed by atoms with E-state index in [1.165, 1.54) is 17.7 Å². The van der Waals surface area contributed by atoms with Crippen LogP contribution in [-0.4, -0.2) is 20.3 Å². The van der Waals surface area contributed by atoms with Gasteiger partial charge in [-0.1, -0.05) is 0 Å². The van der Waals surface area contributed by atoms with Crippen molar-refractivity contribution in [3.8, 4) is 0 Å². The predicted molar refractivity (Wildman–Crippen MR) is 78.0 cm³/mol. The minimum absolute atomic E-state index is 0.0115. The Morgan fingerprint density at radius 2 is 2.14 bits per heavy atom. The molecule has 0 spiro atoms. The summed E-state index contributed by atoms with van der Waals surface area (Å²) in [5.41, 5.74) is -0.573. The van der Waals surface area contributed by atoms with Crippen molar-refractivity contribution < 1.29 is 18.0 Å². The standard InChI is InChI=1S/C12H6BrF3N4OS/c13-7-1-6(12(14,15)16)2-18-10(7)19-11(21)8-4-22-9-3-17-5-20(8)9/h1-5H,(H,18,19,21). The van der Waals surface area contributed by atoms with Crippen LogP contribution in [0.5, 0.6) is 0 Å². The Labute approximate surface area is 133 Å². The van der Waals surface area contributed by atoms with Crippen LogP contribution >= 0.6 is 27.3 Å². The molecule has 3 aromatic heterocycles. The molecule has 1 N–H and O–H groups in total. The van der Waals surface area contributed by atoms with Crippen molar-refractivity contribution in [2.75, 3.05) is 5.32 Å². The average Bonchev–Trinajstić information content (AvgIpc) is 3.02. The van der Waals surface area contributed by atoms with Crippen LogP contribution in [0.15, 0.2) is 34.6 Å². The molecule has 114 valence electrons. The number of carbonyl (C=O) groups is 1. The van der Waals surface area contributed by atoms with Gasteiger partial charge in [0.2, 0.25) is 0 Å². The van der Waals surface area contributed by atoms with Crippen LogP contribution in [0, 0.1) is 0 Å². The molecule has 3 rings (SSSR count). The molecule has 0 radical (unpaired) electrons. The van der Waals surface area contributed by atoms with E-state index in [0.29, 0.717) is 11.9 Å². The molecular formula is C12H6BrF3N4OS. The Bertz CT molecular complexity index is 858. The van der Waals surface area contributed by atoms with Gasteiger partial charge in [-0.15, -0.1) is 11.3 Å². The topological polar surface area (TPSA) is 59.3 Å². The summed E-state index contributed by atoms with van der Waals surface area (Å²) in [6.45, 7) is 0. The van der Waals surface area contributed by atoms with Gasteiger partial charge in [-0.25, -0.2) is 9.97 Å². The number of carbonyl (C=O) groups excluding carboxylic acids is 1. The molecule has 0 aliphatic carbocycles. The maximum atomic E-state index is 12.6. The van der Waals surface area contributed by atoms with Gasteiger partial charge in [0.25, 0.3) is 5.91 Å². The van der Waals surface area contributed by atoms with Crippen LogP contribution in [0.2, 0.25) is 0 Å². The summed E-state index contributed by atoms with van der Waals surface area (Å²) in [6, 6.07) is 0.864. The number of anilines is 1. The van der Waals surface area contributed by atoms with Crippen LogP contribution < -0.4 is 5.32 Å². The first-order valence-corrected chi connectivity index (χ1v) is 7.47. The largest absolute Gasteiger partial charge is 0.417 e. The van der Waals surface area contributed by atoms with Gasteiger partial charge in [0, 0.05) is 11.6 Å². The third-order valence-electron chi connectivity index (χ3n) is 2.79. The maximum Gasteiger partial charge on any atom is 0.417 e. The second-order valence-electron chi connectivity index (χ2n) is 4.23. The summed E-state index contributed by atoms with van der Waals surface area (Å²) in [5.74, 6) is -0.477. The van der Waals surface area contributed by atoms with Crippen LogP contribution in [0.3, 0.4) is 0 Å². The van der Waals surface area contributed by atoms with E-state index >= 15 is 0 Å². The molecule has 0 saturated carbocycles. The molecule has 5 nitrogen and oxygen atoms in total. The molecule has 0 bridgehead atoms. The fourth-order valence-corrected chi connectivity index (χ4v) is 3.03. The van der Waals surface area contributed by atoms with Gasteiger partial charge >= 0.3 is 6.18 Å². The molecule has 22 heavy (non-hydrogen) atoms. The molecule has 10 heteroatoms. The van der Waals surface area contributed by atoms with Crippen molar-refractivity contribution in [2.24, 2.45) is 0 Å². The molecule has 3 heterocycles. The van der Waals surface area contributed by atoms with Gasteiger partial charge in [-0.05, 0) is 22.0 Å². The van der Waals surface area contributed by atoms with Crippen molar-refractivity contribution in [1.82, 2.24) is 14.4 Å². The Morgan fingerprint density at radius 1 is 1.36 bits per heavy atom. The zero-order chi connectivity index (χ0) is 15.9. The molecule has 0 unspecified atom stereocenters. The van der Waals surface area contributed by atoms with E-state index in [0.717, 1.165) is 10.9 Å². The number of fused-ring (bicyclic) bond motifs is 1. The molecule has 0 fully saturated rings.